The number of ether oxygens (including phenoxy) is 2. The van der Waals surface area contributed by atoms with Crippen LogP contribution < -0.4 is 0 Å². The summed E-state index contributed by atoms with van der Waals surface area (Å²) in [6.45, 7) is 5.68. The number of thiazole rings is 1. The van der Waals surface area contributed by atoms with Crippen LogP contribution >= 0.6 is 11.3 Å². The normalized spacial score (nSPS) is 15.4. The van der Waals surface area contributed by atoms with Crippen LogP contribution in [0.4, 0.5) is 0 Å². The lowest BCUT2D eigenvalue weighted by molar-refractivity contribution is -0.207. The minimum Gasteiger partial charge on any atom is -0.384 e. The van der Waals surface area contributed by atoms with E-state index in [4.69, 9.17) is 9.47 Å². The zero-order valence-corrected chi connectivity index (χ0v) is 11.2. The molecular weight excluding hydrogens is 226 g/mol. The molecule has 1 heterocycles. The van der Waals surface area contributed by atoms with Crippen molar-refractivity contribution < 1.29 is 14.6 Å². The monoisotopic (exact) mass is 245 g/mol. The Labute approximate surface area is 100 Å². The molecule has 0 aliphatic carbocycles. The molecule has 0 saturated heterocycles. The maximum atomic E-state index is 10.2. The molecule has 16 heavy (non-hydrogen) atoms. The van der Waals surface area contributed by atoms with E-state index in [0.717, 1.165) is 10.7 Å². The van der Waals surface area contributed by atoms with Gasteiger partial charge in [-0.25, -0.2) is 4.98 Å². The lowest BCUT2D eigenvalue weighted by Gasteiger charge is -2.29. The zero-order valence-electron chi connectivity index (χ0n) is 10.4. The van der Waals surface area contributed by atoms with Crippen LogP contribution in [-0.4, -0.2) is 36.2 Å². The first kappa shape index (κ1) is 13.6. The minimum atomic E-state index is -1.07. The first-order chi connectivity index (χ1) is 7.40. The highest BCUT2D eigenvalue weighted by Crippen LogP contribution is 2.24. The van der Waals surface area contributed by atoms with E-state index in [1.165, 1.54) is 19.1 Å². The van der Waals surface area contributed by atoms with Gasteiger partial charge >= 0.3 is 0 Å². The fourth-order valence-corrected chi connectivity index (χ4v) is 2.70. The Balaban J connectivity index is 2.78. The molecule has 1 aromatic heterocycles. The third-order valence-electron chi connectivity index (χ3n) is 2.52. The van der Waals surface area contributed by atoms with Gasteiger partial charge in [-0.05, 0) is 20.8 Å². The maximum Gasteiger partial charge on any atom is 0.185 e. The van der Waals surface area contributed by atoms with E-state index in [9.17, 15) is 5.11 Å². The lowest BCUT2D eigenvalue weighted by atomic mass is 10.0. The molecule has 0 aliphatic rings. The van der Waals surface area contributed by atoms with Crippen LogP contribution in [0.2, 0.25) is 0 Å². The summed E-state index contributed by atoms with van der Waals surface area (Å²) in [6.07, 6.45) is -0.212. The fourth-order valence-electron chi connectivity index (χ4n) is 1.61. The number of hydrogen-bond donors (Lipinski definition) is 1. The summed E-state index contributed by atoms with van der Waals surface area (Å²) in [6, 6.07) is 0. The van der Waals surface area contributed by atoms with Crippen LogP contribution in [0.25, 0.3) is 0 Å². The van der Waals surface area contributed by atoms with Crippen LogP contribution in [0.15, 0.2) is 0 Å². The van der Waals surface area contributed by atoms with Gasteiger partial charge < -0.3 is 14.6 Å². The number of nitrogens with zero attached hydrogens (tertiary/aromatic N) is 1. The van der Waals surface area contributed by atoms with Crippen LogP contribution in [0.5, 0.6) is 0 Å². The second-order valence-electron chi connectivity index (χ2n) is 4.09. The number of aryl methyl sites for hydroxylation is 2. The van der Waals surface area contributed by atoms with E-state index in [-0.39, 0.29) is 0 Å². The molecule has 1 atom stereocenters. The van der Waals surface area contributed by atoms with E-state index in [1.807, 2.05) is 13.8 Å². The first-order valence-corrected chi connectivity index (χ1v) is 5.93. The van der Waals surface area contributed by atoms with Gasteiger partial charge in [-0.1, -0.05) is 0 Å². The highest BCUT2D eigenvalue weighted by atomic mass is 32.1. The molecule has 0 radical (unpaired) electrons. The number of rotatable bonds is 5. The molecular formula is C11H19NO3S. The largest absolute Gasteiger partial charge is 0.384 e. The molecule has 0 aromatic carbocycles. The Morgan fingerprint density at radius 1 is 1.38 bits per heavy atom. The molecule has 0 amide bonds. The van der Waals surface area contributed by atoms with Crippen molar-refractivity contribution in [1.82, 2.24) is 4.98 Å². The Kier molecular flexibility index (Phi) is 4.43. The van der Waals surface area contributed by atoms with E-state index in [2.05, 4.69) is 4.98 Å². The quantitative estimate of drug-likeness (QED) is 0.802. The lowest BCUT2D eigenvalue weighted by Crippen LogP contribution is -2.43. The number of aromatic nitrogens is 1. The van der Waals surface area contributed by atoms with E-state index in [1.54, 1.807) is 18.3 Å². The third-order valence-corrected chi connectivity index (χ3v) is 3.59. The molecule has 5 heteroatoms. The van der Waals surface area contributed by atoms with Gasteiger partial charge in [0.1, 0.15) is 5.60 Å². The summed E-state index contributed by atoms with van der Waals surface area (Å²) in [7, 11) is 3.03. The van der Waals surface area contributed by atoms with Crippen molar-refractivity contribution in [3.05, 3.63) is 15.6 Å². The second-order valence-corrected chi connectivity index (χ2v) is 5.37. The molecule has 0 saturated carbocycles. The van der Waals surface area contributed by atoms with Crippen LogP contribution in [-0.2, 0) is 15.9 Å². The Morgan fingerprint density at radius 2 is 1.94 bits per heavy atom. The highest BCUT2D eigenvalue weighted by molar-refractivity contribution is 7.11. The topological polar surface area (TPSA) is 51.6 Å². The minimum absolute atomic E-state index is 0.429. The molecule has 92 valence electrons. The van der Waals surface area contributed by atoms with Crippen molar-refractivity contribution in [3.63, 3.8) is 0 Å². The SMILES string of the molecule is COC(OC)C(C)(O)Cc1nc(C)c(C)s1. The summed E-state index contributed by atoms with van der Waals surface area (Å²) in [4.78, 5) is 5.57. The Bertz CT molecular complexity index is 325. The van der Waals surface area contributed by atoms with E-state index >= 15 is 0 Å². The molecule has 0 spiro atoms. The second kappa shape index (κ2) is 5.23. The predicted molar refractivity (Wildman–Crippen MR) is 63.7 cm³/mol. The average molecular weight is 245 g/mol. The van der Waals surface area contributed by atoms with Crippen LogP contribution in [0.1, 0.15) is 22.5 Å². The van der Waals surface area contributed by atoms with Crippen molar-refractivity contribution in [2.75, 3.05) is 14.2 Å². The van der Waals surface area contributed by atoms with Gasteiger partial charge in [-0.15, -0.1) is 11.3 Å². The van der Waals surface area contributed by atoms with Gasteiger partial charge in [0.15, 0.2) is 6.29 Å². The number of hydrogen-bond acceptors (Lipinski definition) is 5. The van der Waals surface area contributed by atoms with Crippen LogP contribution in [0, 0.1) is 13.8 Å². The average Bonchev–Trinajstić information content (AvgIpc) is 2.46. The van der Waals surface area contributed by atoms with Crippen molar-refractivity contribution >= 4 is 11.3 Å². The molecule has 1 N–H and O–H groups in total. The highest BCUT2D eigenvalue weighted by Gasteiger charge is 2.33. The number of methoxy groups -OCH3 is 2. The van der Waals surface area contributed by atoms with E-state index < -0.39 is 11.9 Å². The maximum absolute atomic E-state index is 10.2. The Hall–Kier alpha value is -0.490. The smallest absolute Gasteiger partial charge is 0.185 e. The first-order valence-electron chi connectivity index (χ1n) is 5.11. The predicted octanol–water partition coefficient (Wildman–Crippen LogP) is 1.67. The molecule has 1 unspecified atom stereocenters. The standard InChI is InChI=1S/C11H19NO3S/c1-7-8(2)16-9(12-7)6-11(3,13)10(14-4)15-5/h10,13H,6H2,1-5H3. The van der Waals surface area contributed by atoms with Gasteiger partial charge in [0.05, 0.1) is 10.7 Å². The third kappa shape index (κ3) is 3.01. The molecule has 0 fully saturated rings. The Morgan fingerprint density at radius 3 is 2.31 bits per heavy atom. The van der Waals surface area contributed by atoms with E-state index in [0.29, 0.717) is 6.42 Å². The van der Waals surface area contributed by atoms with Gasteiger partial charge in [0.25, 0.3) is 0 Å². The summed E-state index contributed by atoms with van der Waals surface area (Å²) >= 11 is 1.60. The van der Waals surface area contributed by atoms with Gasteiger partial charge in [-0.2, -0.15) is 0 Å². The molecule has 0 bridgehead atoms. The van der Waals surface area contributed by atoms with Gasteiger partial charge in [0, 0.05) is 25.5 Å². The molecule has 1 aromatic rings. The number of aliphatic hydroxyl groups is 1. The van der Waals surface area contributed by atoms with Crippen molar-refractivity contribution in [2.24, 2.45) is 0 Å². The van der Waals surface area contributed by atoms with Crippen LogP contribution in [0.3, 0.4) is 0 Å². The van der Waals surface area contributed by atoms with Crippen molar-refractivity contribution in [2.45, 2.75) is 39.1 Å². The zero-order chi connectivity index (χ0) is 12.3. The molecule has 0 aliphatic heterocycles. The van der Waals surface area contributed by atoms with Gasteiger partial charge in [0.2, 0.25) is 0 Å². The molecule has 1 rings (SSSR count). The van der Waals surface area contributed by atoms with Gasteiger partial charge in [-0.3, -0.25) is 0 Å². The summed E-state index contributed by atoms with van der Waals surface area (Å²) in [5.41, 5.74) is -0.0533. The fraction of sp³-hybridized carbons (Fsp3) is 0.727. The van der Waals surface area contributed by atoms with Crippen molar-refractivity contribution in [3.8, 4) is 0 Å². The molecule has 4 nitrogen and oxygen atoms in total. The summed E-state index contributed by atoms with van der Waals surface area (Å²) in [5, 5.41) is 11.1. The van der Waals surface area contributed by atoms with Crippen molar-refractivity contribution in [1.29, 1.82) is 0 Å². The summed E-state index contributed by atoms with van der Waals surface area (Å²) in [5.74, 6) is 0. The summed E-state index contributed by atoms with van der Waals surface area (Å²) < 4.78 is 10.2.